The smallest absolute Gasteiger partial charge is 0.271 e. The molecule has 35 heavy (non-hydrogen) atoms. The summed E-state index contributed by atoms with van der Waals surface area (Å²) in [5.41, 5.74) is 7.87. The molecule has 0 radical (unpaired) electrons. The summed E-state index contributed by atoms with van der Waals surface area (Å²) in [6.07, 6.45) is 5.35. The number of aromatic nitrogens is 1. The van der Waals surface area contributed by atoms with Crippen molar-refractivity contribution in [1.29, 1.82) is 0 Å². The van der Waals surface area contributed by atoms with E-state index in [9.17, 15) is 9.90 Å². The summed E-state index contributed by atoms with van der Waals surface area (Å²) in [5.74, 6) is 1.05. The number of carbonyl (C=O) groups is 1. The Morgan fingerprint density at radius 3 is 2.63 bits per heavy atom. The first-order chi connectivity index (χ1) is 16.8. The minimum Gasteiger partial charge on any atom is -0.496 e. The lowest BCUT2D eigenvalue weighted by molar-refractivity contribution is 0.0558. The minimum absolute atomic E-state index is 0.155. The fraction of sp³-hybridized carbons (Fsp3) is 0.483. The van der Waals surface area contributed by atoms with Gasteiger partial charge in [0.25, 0.3) is 5.91 Å². The fourth-order valence-corrected chi connectivity index (χ4v) is 6.57. The number of benzene rings is 1. The standard InChI is InChI=1S/C29H36N2O3S/c1-29(2,3)31-13-6-5-10-21-25(24-11-8-16-35-24)26-22-17-20(9-7-15-32)23(34-4)18-19(22)12-14-30(26)27(21)28(31)33/h8,11,16-18,32H,5-7,9-10,12-15H2,1-4H3. The van der Waals surface area contributed by atoms with Gasteiger partial charge in [0.15, 0.2) is 0 Å². The molecule has 0 bridgehead atoms. The summed E-state index contributed by atoms with van der Waals surface area (Å²) in [6.45, 7) is 8.17. The van der Waals surface area contributed by atoms with E-state index in [0.717, 1.165) is 62.2 Å². The first-order valence-corrected chi connectivity index (χ1v) is 13.6. The molecule has 186 valence electrons. The Kier molecular flexibility index (Phi) is 6.53. The lowest BCUT2D eigenvalue weighted by atomic mass is 9.90. The lowest BCUT2D eigenvalue weighted by Gasteiger charge is -2.37. The van der Waals surface area contributed by atoms with E-state index in [-0.39, 0.29) is 18.1 Å². The van der Waals surface area contributed by atoms with Crippen LogP contribution in [0.4, 0.5) is 0 Å². The van der Waals surface area contributed by atoms with E-state index in [1.165, 1.54) is 32.8 Å². The molecule has 6 heteroatoms. The third kappa shape index (κ3) is 4.21. The number of nitrogens with zero attached hydrogens (tertiary/aromatic N) is 2. The van der Waals surface area contributed by atoms with Crippen LogP contribution in [0.5, 0.6) is 5.75 Å². The number of aliphatic hydroxyl groups excluding tert-OH is 1. The van der Waals surface area contributed by atoms with Crippen LogP contribution >= 0.6 is 11.3 Å². The Labute approximate surface area is 212 Å². The second kappa shape index (κ2) is 9.47. The SMILES string of the molecule is COc1cc2c(cc1CCCO)-c1c(-c3cccs3)c3c(n1CC2)C(=O)N(C(C)(C)C)CCCC3. The molecule has 2 aliphatic heterocycles. The Morgan fingerprint density at radius 1 is 1.11 bits per heavy atom. The number of rotatable bonds is 5. The molecular formula is C29H36N2O3S. The first kappa shape index (κ1) is 24.1. The van der Waals surface area contributed by atoms with Crippen LogP contribution in [0, 0.1) is 0 Å². The maximum absolute atomic E-state index is 14.2. The number of thiophene rings is 1. The molecule has 5 nitrogen and oxygen atoms in total. The number of hydrogen-bond acceptors (Lipinski definition) is 4. The number of aliphatic hydroxyl groups is 1. The topological polar surface area (TPSA) is 54.7 Å². The van der Waals surface area contributed by atoms with Crippen LogP contribution in [0.15, 0.2) is 29.6 Å². The predicted molar refractivity (Wildman–Crippen MR) is 143 cm³/mol. The van der Waals surface area contributed by atoms with Crippen LogP contribution in [0.1, 0.15) is 67.2 Å². The monoisotopic (exact) mass is 492 g/mol. The average Bonchev–Trinajstić information content (AvgIpc) is 3.45. The number of aryl methyl sites for hydroxylation is 2. The van der Waals surface area contributed by atoms with Gasteiger partial charge in [-0.1, -0.05) is 6.07 Å². The van der Waals surface area contributed by atoms with Gasteiger partial charge in [0, 0.05) is 41.2 Å². The highest BCUT2D eigenvalue weighted by Crippen LogP contribution is 2.47. The fourth-order valence-electron chi connectivity index (χ4n) is 5.77. The Morgan fingerprint density at radius 2 is 1.94 bits per heavy atom. The van der Waals surface area contributed by atoms with Crippen molar-refractivity contribution in [1.82, 2.24) is 9.47 Å². The summed E-state index contributed by atoms with van der Waals surface area (Å²) in [5, 5.41) is 11.6. The lowest BCUT2D eigenvalue weighted by Crippen LogP contribution is -2.47. The summed E-state index contributed by atoms with van der Waals surface area (Å²) in [4.78, 5) is 17.5. The van der Waals surface area contributed by atoms with E-state index in [1.807, 2.05) is 0 Å². The molecular weight excluding hydrogens is 456 g/mol. The summed E-state index contributed by atoms with van der Waals surface area (Å²) >= 11 is 1.75. The molecule has 2 aliphatic rings. The van der Waals surface area contributed by atoms with Gasteiger partial charge >= 0.3 is 0 Å². The maximum Gasteiger partial charge on any atom is 0.271 e. The van der Waals surface area contributed by atoms with E-state index < -0.39 is 0 Å². The van der Waals surface area contributed by atoms with Crippen LogP contribution < -0.4 is 4.74 Å². The van der Waals surface area contributed by atoms with Crippen LogP contribution in [-0.2, 0) is 25.8 Å². The molecule has 2 aromatic heterocycles. The van der Waals surface area contributed by atoms with E-state index >= 15 is 0 Å². The van der Waals surface area contributed by atoms with Crippen molar-refractivity contribution in [3.63, 3.8) is 0 Å². The predicted octanol–water partition coefficient (Wildman–Crippen LogP) is 5.95. The van der Waals surface area contributed by atoms with E-state index in [1.54, 1.807) is 18.4 Å². The van der Waals surface area contributed by atoms with Gasteiger partial charge in [0.05, 0.1) is 12.8 Å². The zero-order valence-electron chi connectivity index (χ0n) is 21.3. The molecule has 3 aromatic rings. The third-order valence-corrected chi connectivity index (χ3v) is 8.31. The molecule has 0 saturated heterocycles. The number of carbonyl (C=O) groups excluding carboxylic acids is 1. The van der Waals surface area contributed by atoms with Crippen LogP contribution in [0.3, 0.4) is 0 Å². The molecule has 0 atom stereocenters. The molecule has 1 aromatic carbocycles. The van der Waals surface area contributed by atoms with Gasteiger partial charge < -0.3 is 19.3 Å². The summed E-state index contributed by atoms with van der Waals surface area (Å²) < 4.78 is 8.06. The quantitative estimate of drug-likeness (QED) is 0.479. The molecule has 5 rings (SSSR count). The Balaban J connectivity index is 1.78. The van der Waals surface area contributed by atoms with Crippen molar-refractivity contribution in [2.75, 3.05) is 20.3 Å². The molecule has 1 amide bonds. The van der Waals surface area contributed by atoms with Crippen LogP contribution in [-0.4, -0.2) is 46.3 Å². The number of fused-ring (bicyclic) bond motifs is 5. The third-order valence-electron chi connectivity index (χ3n) is 7.42. The van der Waals surface area contributed by atoms with Crippen LogP contribution in [0.2, 0.25) is 0 Å². The van der Waals surface area contributed by atoms with Gasteiger partial charge in [0.1, 0.15) is 11.4 Å². The number of amides is 1. The van der Waals surface area contributed by atoms with Crippen molar-refractivity contribution in [2.24, 2.45) is 0 Å². The molecule has 0 fully saturated rings. The zero-order valence-corrected chi connectivity index (χ0v) is 22.1. The van der Waals surface area contributed by atoms with Crippen molar-refractivity contribution in [3.05, 3.63) is 52.0 Å². The van der Waals surface area contributed by atoms with Crippen molar-refractivity contribution >= 4 is 17.2 Å². The largest absolute Gasteiger partial charge is 0.496 e. The Bertz CT molecular complexity index is 1230. The van der Waals surface area contributed by atoms with Crippen molar-refractivity contribution in [2.45, 2.75) is 71.4 Å². The van der Waals surface area contributed by atoms with E-state index in [2.05, 4.69) is 59.9 Å². The van der Waals surface area contributed by atoms with Crippen molar-refractivity contribution < 1.29 is 14.6 Å². The molecule has 0 spiro atoms. The van der Waals surface area contributed by atoms with E-state index in [4.69, 9.17) is 4.74 Å². The van der Waals surface area contributed by atoms with Gasteiger partial charge in [-0.2, -0.15) is 0 Å². The van der Waals surface area contributed by atoms with Gasteiger partial charge in [-0.3, -0.25) is 4.79 Å². The molecule has 0 saturated carbocycles. The van der Waals surface area contributed by atoms with Crippen molar-refractivity contribution in [3.8, 4) is 27.4 Å². The highest BCUT2D eigenvalue weighted by molar-refractivity contribution is 7.13. The Hall–Kier alpha value is -2.57. The first-order valence-electron chi connectivity index (χ1n) is 12.8. The molecule has 1 N–H and O–H groups in total. The number of hydrogen-bond donors (Lipinski definition) is 1. The molecule has 0 unspecified atom stereocenters. The normalized spacial score (nSPS) is 15.8. The van der Waals surface area contributed by atoms with Gasteiger partial charge in [-0.25, -0.2) is 0 Å². The minimum atomic E-state index is -0.225. The van der Waals surface area contributed by atoms with Gasteiger partial charge in [-0.05, 0) is 99.6 Å². The zero-order chi connectivity index (χ0) is 24.7. The van der Waals surface area contributed by atoms with E-state index in [0.29, 0.717) is 6.42 Å². The highest BCUT2D eigenvalue weighted by atomic mass is 32.1. The second-order valence-corrected chi connectivity index (χ2v) is 11.6. The average molecular weight is 493 g/mol. The second-order valence-electron chi connectivity index (χ2n) is 10.7. The maximum atomic E-state index is 14.2. The van der Waals surface area contributed by atoms with Crippen LogP contribution in [0.25, 0.3) is 21.7 Å². The number of ether oxygens (including phenoxy) is 1. The summed E-state index contributed by atoms with van der Waals surface area (Å²) in [7, 11) is 1.72. The summed E-state index contributed by atoms with van der Waals surface area (Å²) in [6, 6.07) is 8.73. The number of methoxy groups -OCH3 is 1. The van der Waals surface area contributed by atoms with Gasteiger partial charge in [0.2, 0.25) is 0 Å². The molecule has 0 aliphatic carbocycles. The van der Waals surface area contributed by atoms with Gasteiger partial charge in [-0.15, -0.1) is 11.3 Å². The highest BCUT2D eigenvalue weighted by Gasteiger charge is 2.37. The molecule has 4 heterocycles.